The minimum atomic E-state index is -0.0441. The standard InChI is InChI=1S/C64H48N2/c1-10-40-64(41-11-1)58-42-49(44-32-35-50(36-33-44)65(60-28-12-20-45-16-2-6-24-52(45)60)61-29-13-21-46-17-3-7-25-53(46)61)34-38-56(58)57-39-37-51(43-59(57)64)66(62-30-14-22-47-18-4-8-26-54(47)62)63-31-15-23-48-19-5-9-27-55(48)63/h2-9,12-39,42-43H,1,10-11,40-41H2. The predicted molar refractivity (Wildman–Crippen MR) is 281 cm³/mol. The van der Waals surface area contributed by atoms with Crippen molar-refractivity contribution in [3.05, 3.63) is 242 Å². The summed E-state index contributed by atoms with van der Waals surface area (Å²) in [6, 6.07) is 85.9. The van der Waals surface area contributed by atoms with E-state index in [2.05, 4.69) is 240 Å². The summed E-state index contributed by atoms with van der Waals surface area (Å²) < 4.78 is 0. The minimum Gasteiger partial charge on any atom is -0.309 e. The van der Waals surface area contributed by atoms with Crippen LogP contribution < -0.4 is 9.80 Å². The van der Waals surface area contributed by atoms with Crippen molar-refractivity contribution < 1.29 is 0 Å². The van der Waals surface area contributed by atoms with Gasteiger partial charge in [-0.15, -0.1) is 0 Å². The molecule has 1 fully saturated rings. The second-order valence-electron chi connectivity index (χ2n) is 18.3. The van der Waals surface area contributed by atoms with Crippen molar-refractivity contribution in [2.45, 2.75) is 37.5 Å². The van der Waals surface area contributed by atoms with E-state index in [4.69, 9.17) is 0 Å². The molecule has 0 aliphatic heterocycles. The van der Waals surface area contributed by atoms with Gasteiger partial charge in [-0.25, -0.2) is 0 Å². The van der Waals surface area contributed by atoms with Crippen LogP contribution in [-0.4, -0.2) is 0 Å². The fourth-order valence-corrected chi connectivity index (χ4v) is 11.7. The van der Waals surface area contributed by atoms with Crippen molar-refractivity contribution in [3.8, 4) is 22.3 Å². The third-order valence-electron chi connectivity index (χ3n) is 14.8. The molecule has 2 heteroatoms. The lowest BCUT2D eigenvalue weighted by molar-refractivity contribution is 0.353. The van der Waals surface area contributed by atoms with E-state index in [0.29, 0.717) is 0 Å². The summed E-state index contributed by atoms with van der Waals surface area (Å²) in [5.41, 5.74) is 15.3. The second kappa shape index (κ2) is 15.6. The molecule has 1 spiro atoms. The number of anilines is 6. The Hall–Kier alpha value is -7.94. The first-order chi connectivity index (χ1) is 32.7. The van der Waals surface area contributed by atoms with Crippen LogP contribution in [0.15, 0.2) is 231 Å². The van der Waals surface area contributed by atoms with Crippen molar-refractivity contribution in [1.29, 1.82) is 0 Å². The van der Waals surface area contributed by atoms with E-state index in [9.17, 15) is 0 Å². The summed E-state index contributed by atoms with van der Waals surface area (Å²) >= 11 is 0. The van der Waals surface area contributed by atoms with E-state index >= 15 is 0 Å². The Bertz CT molecular complexity index is 3470. The largest absolute Gasteiger partial charge is 0.309 e. The molecule has 0 bridgehead atoms. The molecule has 13 rings (SSSR count). The molecule has 0 N–H and O–H groups in total. The Morgan fingerprint density at radius 2 is 0.652 bits per heavy atom. The monoisotopic (exact) mass is 844 g/mol. The molecule has 0 amide bonds. The number of rotatable bonds is 7. The molecule has 0 unspecified atom stereocenters. The van der Waals surface area contributed by atoms with Gasteiger partial charge in [0.1, 0.15) is 0 Å². The van der Waals surface area contributed by atoms with Gasteiger partial charge in [-0.2, -0.15) is 0 Å². The molecular weight excluding hydrogens is 797 g/mol. The highest BCUT2D eigenvalue weighted by molar-refractivity contribution is 6.06. The van der Waals surface area contributed by atoms with E-state index in [0.717, 1.165) is 18.5 Å². The lowest BCUT2D eigenvalue weighted by atomic mass is 9.67. The molecule has 66 heavy (non-hydrogen) atoms. The number of benzene rings is 11. The highest BCUT2D eigenvalue weighted by Crippen LogP contribution is 2.58. The fraction of sp³-hybridized carbons (Fsp3) is 0.0938. The zero-order valence-corrected chi connectivity index (χ0v) is 36.9. The van der Waals surface area contributed by atoms with Crippen molar-refractivity contribution in [2.75, 3.05) is 9.80 Å². The van der Waals surface area contributed by atoms with Gasteiger partial charge in [-0.3, -0.25) is 0 Å². The topological polar surface area (TPSA) is 6.48 Å². The van der Waals surface area contributed by atoms with Gasteiger partial charge in [-0.1, -0.05) is 195 Å². The number of hydrogen-bond donors (Lipinski definition) is 0. The molecular formula is C64H48N2. The normalized spacial score (nSPS) is 13.9. The van der Waals surface area contributed by atoms with Crippen LogP contribution >= 0.6 is 0 Å². The Labute approximate surface area is 386 Å². The maximum Gasteiger partial charge on any atom is 0.0540 e. The third-order valence-corrected chi connectivity index (χ3v) is 14.8. The van der Waals surface area contributed by atoms with E-state index in [1.165, 1.54) is 124 Å². The number of fused-ring (bicyclic) bond motifs is 9. The van der Waals surface area contributed by atoms with Crippen LogP contribution in [0.3, 0.4) is 0 Å². The van der Waals surface area contributed by atoms with Gasteiger partial charge in [0.2, 0.25) is 0 Å². The van der Waals surface area contributed by atoms with E-state index in [1.807, 2.05) is 0 Å². The minimum absolute atomic E-state index is 0.0441. The molecule has 0 aromatic heterocycles. The SMILES string of the molecule is c1ccc2c(N(c3ccc(-c4ccc5c(c4)C4(CCCCC4)c4cc(N(c6cccc7ccccc67)c6cccc7ccccc67)ccc4-5)cc3)c3cccc4ccccc34)cccc2c1. The molecule has 0 saturated heterocycles. The van der Waals surface area contributed by atoms with Gasteiger partial charge in [0.25, 0.3) is 0 Å². The summed E-state index contributed by atoms with van der Waals surface area (Å²) in [5.74, 6) is 0. The molecule has 2 aliphatic carbocycles. The van der Waals surface area contributed by atoms with E-state index in [1.54, 1.807) is 0 Å². The Balaban J connectivity index is 0.928. The van der Waals surface area contributed by atoms with Crippen LogP contribution in [-0.2, 0) is 5.41 Å². The summed E-state index contributed by atoms with van der Waals surface area (Å²) in [4.78, 5) is 4.97. The Morgan fingerprint density at radius 1 is 0.288 bits per heavy atom. The van der Waals surface area contributed by atoms with Crippen LogP contribution in [0.1, 0.15) is 43.2 Å². The molecule has 1 saturated carbocycles. The highest BCUT2D eigenvalue weighted by atomic mass is 15.2. The van der Waals surface area contributed by atoms with Gasteiger partial charge in [0, 0.05) is 38.3 Å². The van der Waals surface area contributed by atoms with Crippen LogP contribution in [0.25, 0.3) is 65.3 Å². The summed E-state index contributed by atoms with van der Waals surface area (Å²) in [7, 11) is 0. The average Bonchev–Trinajstić information content (AvgIpc) is 3.64. The second-order valence-corrected chi connectivity index (χ2v) is 18.3. The molecule has 11 aromatic rings. The lowest BCUT2D eigenvalue weighted by Crippen LogP contribution is -2.28. The highest BCUT2D eigenvalue weighted by Gasteiger charge is 2.44. The molecule has 0 heterocycles. The first-order valence-electron chi connectivity index (χ1n) is 23.6. The van der Waals surface area contributed by atoms with Gasteiger partial charge in [-0.05, 0) is 122 Å². The lowest BCUT2D eigenvalue weighted by Gasteiger charge is -2.37. The molecule has 0 radical (unpaired) electrons. The van der Waals surface area contributed by atoms with E-state index in [-0.39, 0.29) is 5.41 Å². The molecule has 2 nitrogen and oxygen atoms in total. The quantitative estimate of drug-likeness (QED) is 0.158. The Morgan fingerprint density at radius 3 is 1.12 bits per heavy atom. The van der Waals surface area contributed by atoms with Crippen molar-refractivity contribution in [3.63, 3.8) is 0 Å². The predicted octanol–water partition coefficient (Wildman–Crippen LogP) is 18.1. The van der Waals surface area contributed by atoms with Gasteiger partial charge in [0.15, 0.2) is 0 Å². The Kier molecular flexibility index (Phi) is 9.13. The summed E-state index contributed by atoms with van der Waals surface area (Å²) in [6.07, 6.45) is 6.07. The summed E-state index contributed by atoms with van der Waals surface area (Å²) in [6.45, 7) is 0. The van der Waals surface area contributed by atoms with Gasteiger partial charge >= 0.3 is 0 Å². The van der Waals surface area contributed by atoms with Crippen LogP contribution in [0.5, 0.6) is 0 Å². The van der Waals surface area contributed by atoms with Crippen molar-refractivity contribution in [2.24, 2.45) is 0 Å². The molecule has 2 aliphatic rings. The van der Waals surface area contributed by atoms with E-state index < -0.39 is 0 Å². The van der Waals surface area contributed by atoms with Crippen LogP contribution in [0.2, 0.25) is 0 Å². The smallest absolute Gasteiger partial charge is 0.0540 e. The van der Waals surface area contributed by atoms with Crippen LogP contribution in [0.4, 0.5) is 34.1 Å². The maximum atomic E-state index is 2.56. The zero-order chi connectivity index (χ0) is 43.6. The first-order valence-corrected chi connectivity index (χ1v) is 23.6. The molecule has 314 valence electrons. The maximum absolute atomic E-state index is 2.56. The van der Waals surface area contributed by atoms with Crippen molar-refractivity contribution >= 4 is 77.2 Å². The van der Waals surface area contributed by atoms with Crippen molar-refractivity contribution in [1.82, 2.24) is 0 Å². The summed E-state index contributed by atoms with van der Waals surface area (Å²) in [5, 5.41) is 9.90. The average molecular weight is 845 g/mol. The van der Waals surface area contributed by atoms with Gasteiger partial charge < -0.3 is 9.80 Å². The fourth-order valence-electron chi connectivity index (χ4n) is 11.7. The first kappa shape index (κ1) is 38.5. The molecule has 11 aromatic carbocycles. The van der Waals surface area contributed by atoms with Gasteiger partial charge in [0.05, 0.1) is 22.7 Å². The third kappa shape index (κ3) is 6.16. The molecule has 0 atom stereocenters. The van der Waals surface area contributed by atoms with Crippen LogP contribution in [0, 0.1) is 0 Å². The number of hydrogen-bond acceptors (Lipinski definition) is 2. The zero-order valence-electron chi connectivity index (χ0n) is 36.9. The number of nitrogens with zero attached hydrogens (tertiary/aromatic N) is 2.